The molecule has 4 amide bonds. The van der Waals surface area contributed by atoms with Crippen LogP contribution >= 0.6 is 0 Å². The van der Waals surface area contributed by atoms with E-state index in [0.29, 0.717) is 13.1 Å². The van der Waals surface area contributed by atoms with Crippen LogP contribution in [0.4, 0.5) is 14.4 Å². The summed E-state index contributed by atoms with van der Waals surface area (Å²) in [5.41, 5.74) is -1.79. The van der Waals surface area contributed by atoms with Crippen LogP contribution in [0.1, 0.15) is 120 Å². The maximum atomic E-state index is 13.8. The van der Waals surface area contributed by atoms with Crippen LogP contribution in [0.5, 0.6) is 0 Å². The molecular weight excluding hydrogens is 897 g/mol. The monoisotopic (exact) mass is 977 g/mol. The molecule has 19 heteroatoms. The molecule has 2 aliphatic carbocycles. The molecule has 3 N–H and O–H groups in total. The first-order valence-electron chi connectivity index (χ1n) is 24.1. The van der Waals surface area contributed by atoms with Gasteiger partial charge in [-0.05, 0) is 99.8 Å². The Balaban J connectivity index is 0.000000235. The second-order valence-corrected chi connectivity index (χ2v) is 21.6. The van der Waals surface area contributed by atoms with Crippen molar-refractivity contribution in [1.82, 2.24) is 20.4 Å². The molecule has 0 aromatic carbocycles. The number of hydrogen-bond donors (Lipinski definition) is 3. The summed E-state index contributed by atoms with van der Waals surface area (Å²) in [5, 5.41) is 14.4. The van der Waals surface area contributed by atoms with Gasteiger partial charge >= 0.3 is 24.2 Å². The van der Waals surface area contributed by atoms with Gasteiger partial charge in [-0.15, -0.1) is 12.8 Å². The van der Waals surface area contributed by atoms with Gasteiger partial charge in [0.05, 0.1) is 30.5 Å². The number of carboxylic acids is 1. The van der Waals surface area contributed by atoms with E-state index in [1.807, 2.05) is 20.8 Å². The Morgan fingerprint density at radius 2 is 1.03 bits per heavy atom. The molecule has 6 fully saturated rings. The number of carboxylic acid groups (broad SMARTS) is 1. The van der Waals surface area contributed by atoms with E-state index >= 15 is 0 Å². The second-order valence-electron chi connectivity index (χ2n) is 21.6. The van der Waals surface area contributed by atoms with Crippen molar-refractivity contribution in [3.63, 3.8) is 0 Å². The quantitative estimate of drug-likeness (QED) is 0.128. The van der Waals surface area contributed by atoms with Crippen LogP contribution in [-0.2, 0) is 52.2 Å². The maximum absolute atomic E-state index is 13.8. The molecule has 19 nitrogen and oxygen atoms in total. The number of carbonyl (C=O) groups excluding carboxylic acids is 4. The normalized spacial score (nSPS) is 26.9. The number of terminal acetylenes is 2. The van der Waals surface area contributed by atoms with Crippen molar-refractivity contribution in [1.29, 1.82) is 0 Å². The average molecular weight is 977 g/mol. The van der Waals surface area contributed by atoms with Crippen molar-refractivity contribution in [2.45, 2.75) is 185 Å². The molecule has 0 unspecified atom stereocenters. The Morgan fingerprint density at radius 1 is 0.638 bits per heavy atom. The van der Waals surface area contributed by atoms with Crippen molar-refractivity contribution < 1.29 is 71.7 Å². The SMILES string of the molecule is C#C[C@@H]1CN(C(=O)OC(C)(C)C)[C@H]2[C@@H]1OCC2(OC)OC.C#C[C@@H]1CN(C(=O)[C@@H](NC(=O)OC(C)(C)C)C2CCCC2)[C@H]2[C@@H]1OCC2(OC)OC.CC(C)(C)OC(=O)N[C@H](CC(=O)O)C1CCCC1. The zero-order valence-electron chi connectivity index (χ0n) is 43.2. The fraction of sp³-hybridized carbons (Fsp3) is 0.820. The Kier molecular flexibility index (Phi) is 19.6. The first-order chi connectivity index (χ1) is 32.2. The summed E-state index contributed by atoms with van der Waals surface area (Å²) < 4.78 is 50.0. The molecule has 4 heterocycles. The molecule has 0 spiro atoms. The van der Waals surface area contributed by atoms with Crippen molar-refractivity contribution in [2.75, 3.05) is 54.7 Å². The van der Waals surface area contributed by atoms with Crippen molar-refractivity contribution in [3.8, 4) is 24.7 Å². The number of hydrogen-bond acceptors (Lipinski definition) is 14. The van der Waals surface area contributed by atoms with E-state index in [-0.39, 0.29) is 67.5 Å². The third-order valence-electron chi connectivity index (χ3n) is 13.3. The zero-order valence-corrected chi connectivity index (χ0v) is 43.2. The fourth-order valence-corrected chi connectivity index (χ4v) is 10.2. The van der Waals surface area contributed by atoms with Crippen molar-refractivity contribution in [2.24, 2.45) is 23.7 Å². The number of fused-ring (bicyclic) bond motifs is 2. The predicted molar refractivity (Wildman–Crippen MR) is 252 cm³/mol. The summed E-state index contributed by atoms with van der Waals surface area (Å²) in [6.45, 7) is 17.3. The van der Waals surface area contributed by atoms with Gasteiger partial charge in [0.2, 0.25) is 17.5 Å². The Labute approximate surface area is 409 Å². The highest BCUT2D eigenvalue weighted by Gasteiger charge is 2.63. The lowest BCUT2D eigenvalue weighted by Gasteiger charge is -2.38. The molecule has 6 rings (SSSR count). The third kappa shape index (κ3) is 14.6. The van der Waals surface area contributed by atoms with Gasteiger partial charge in [0.15, 0.2) is 0 Å². The van der Waals surface area contributed by atoms with Gasteiger partial charge < -0.3 is 63.3 Å². The van der Waals surface area contributed by atoms with Gasteiger partial charge in [-0.2, -0.15) is 0 Å². The zero-order chi connectivity index (χ0) is 51.7. The van der Waals surface area contributed by atoms with E-state index < -0.39 is 70.8 Å². The van der Waals surface area contributed by atoms with Gasteiger partial charge in [0.25, 0.3) is 0 Å². The third-order valence-corrected chi connectivity index (χ3v) is 13.3. The number of nitrogens with zero attached hydrogens (tertiary/aromatic N) is 2. The molecule has 4 saturated heterocycles. The van der Waals surface area contributed by atoms with Gasteiger partial charge in [0.1, 0.15) is 48.1 Å². The first-order valence-corrected chi connectivity index (χ1v) is 24.1. The van der Waals surface area contributed by atoms with Crippen molar-refractivity contribution >= 4 is 30.2 Å². The number of aliphatic carboxylic acids is 1. The van der Waals surface area contributed by atoms with Crippen LogP contribution in [-0.4, -0.2) is 165 Å². The number of nitrogens with one attached hydrogen (secondary N) is 2. The van der Waals surface area contributed by atoms with Gasteiger partial charge in [0, 0.05) is 47.6 Å². The van der Waals surface area contributed by atoms with Crippen LogP contribution in [0.25, 0.3) is 0 Å². The minimum atomic E-state index is -1.09. The molecular formula is C50H80N4O15. The van der Waals surface area contributed by atoms with Crippen LogP contribution in [0.3, 0.4) is 0 Å². The molecule has 0 bridgehead atoms. The molecule has 4 aliphatic heterocycles. The molecule has 69 heavy (non-hydrogen) atoms. The number of ether oxygens (including phenoxy) is 9. The topological polar surface area (TPSA) is 219 Å². The standard InChI is InChI=1S/C22H34N2O6.C15H23NO5.C13H23NO4/c1-7-14-12-24(18-17(14)29-13-22(18,27-5)28-6)19(25)16(15-10-8-9-11-15)23-20(26)30-21(2,3)4;1-7-10-8-16(13(17)21-14(2,3)4)12-11(10)20-9-15(12,18-5)19-6;1-13(2,3)18-12(17)14-10(8-11(15)16)9-6-4-5-7-9/h1,14-18H,8-13H2,2-6H3,(H,23,26);1,10-12H,8-9H2,2-6H3;9-10H,4-8H2,1-3H3,(H,14,17)(H,15,16)/t14-,16+,17-,18+;10-,11-,12+;10-/m111/s1. The van der Waals surface area contributed by atoms with Crippen LogP contribution in [0.15, 0.2) is 0 Å². The molecule has 0 aromatic rings. The van der Waals surface area contributed by atoms with Gasteiger partial charge in [-0.1, -0.05) is 37.5 Å². The fourth-order valence-electron chi connectivity index (χ4n) is 10.2. The molecule has 0 radical (unpaired) electrons. The van der Waals surface area contributed by atoms with Crippen LogP contribution in [0.2, 0.25) is 0 Å². The van der Waals surface area contributed by atoms with E-state index in [1.165, 1.54) is 28.4 Å². The molecule has 2 saturated carbocycles. The summed E-state index contributed by atoms with van der Waals surface area (Å²) in [5.74, 6) is 2.10. The number of alkyl carbamates (subject to hydrolysis) is 2. The molecule has 8 atom stereocenters. The summed E-state index contributed by atoms with van der Waals surface area (Å²) in [7, 11) is 6.14. The number of carbonyl (C=O) groups is 5. The Morgan fingerprint density at radius 3 is 1.42 bits per heavy atom. The average Bonchev–Trinajstić information content (AvgIpc) is 4.12. The Hall–Kier alpha value is -4.37. The van der Waals surface area contributed by atoms with E-state index in [1.54, 1.807) is 51.3 Å². The van der Waals surface area contributed by atoms with E-state index in [9.17, 15) is 24.0 Å². The highest BCUT2D eigenvalue weighted by Crippen LogP contribution is 2.44. The Bertz CT molecular complexity index is 1840. The highest BCUT2D eigenvalue weighted by molar-refractivity contribution is 5.87. The summed E-state index contributed by atoms with van der Waals surface area (Å²) in [4.78, 5) is 64.5. The molecule has 6 aliphatic rings. The van der Waals surface area contributed by atoms with Gasteiger partial charge in [-0.25, -0.2) is 14.4 Å². The number of likely N-dealkylation sites (tertiary alicyclic amines) is 2. The largest absolute Gasteiger partial charge is 0.481 e. The van der Waals surface area contributed by atoms with Crippen LogP contribution in [0, 0.1) is 48.4 Å². The van der Waals surface area contributed by atoms with Crippen LogP contribution < -0.4 is 10.6 Å². The van der Waals surface area contributed by atoms with E-state index in [0.717, 1.165) is 51.4 Å². The number of methoxy groups -OCH3 is 4. The maximum Gasteiger partial charge on any atom is 0.410 e. The lowest BCUT2D eigenvalue weighted by molar-refractivity contribution is -0.227. The minimum absolute atomic E-state index is 0.0378. The lowest BCUT2D eigenvalue weighted by Crippen LogP contribution is -2.60. The van der Waals surface area contributed by atoms with E-state index in [4.69, 9.17) is 60.6 Å². The molecule has 0 aromatic heterocycles. The first kappa shape index (κ1) is 57.2. The minimum Gasteiger partial charge on any atom is -0.481 e. The van der Waals surface area contributed by atoms with Crippen molar-refractivity contribution in [3.05, 3.63) is 0 Å². The highest BCUT2D eigenvalue weighted by atomic mass is 16.7. The number of amides is 4. The van der Waals surface area contributed by atoms with E-state index in [2.05, 4.69) is 22.5 Å². The number of rotatable bonds is 11. The lowest BCUT2D eigenvalue weighted by atomic mass is 9.95. The summed E-state index contributed by atoms with van der Waals surface area (Å²) in [6.07, 6.45) is 17.0. The second kappa shape index (κ2) is 23.7. The molecule has 390 valence electrons. The summed E-state index contributed by atoms with van der Waals surface area (Å²) in [6, 6.07) is -1.90. The smallest absolute Gasteiger partial charge is 0.410 e. The summed E-state index contributed by atoms with van der Waals surface area (Å²) >= 11 is 0. The van der Waals surface area contributed by atoms with Gasteiger partial charge in [-0.3, -0.25) is 14.5 Å². The predicted octanol–water partition coefficient (Wildman–Crippen LogP) is 5.71.